The van der Waals surface area contributed by atoms with Crippen LogP contribution in [0.2, 0.25) is 0 Å². The van der Waals surface area contributed by atoms with Crippen molar-refractivity contribution in [3.8, 4) is 0 Å². The Morgan fingerprint density at radius 1 is 0.905 bits per heavy atom. The van der Waals surface area contributed by atoms with Crippen LogP contribution in [0.3, 0.4) is 0 Å². The third kappa shape index (κ3) is 2.01. The molecule has 1 aliphatic heterocycles. The number of nitrogens with zero attached hydrogens (tertiary/aromatic N) is 1. The van der Waals surface area contributed by atoms with E-state index in [-0.39, 0.29) is 0 Å². The molecule has 0 atom stereocenters. The molecule has 2 aromatic carbocycles. The van der Waals surface area contributed by atoms with Gasteiger partial charge in [-0.1, -0.05) is 0 Å². The second kappa shape index (κ2) is 4.80. The average molecular weight is 340 g/mol. The maximum absolute atomic E-state index is 5.81. The van der Waals surface area contributed by atoms with Gasteiger partial charge < -0.3 is 0 Å². The van der Waals surface area contributed by atoms with Crippen molar-refractivity contribution in [3.05, 3.63) is 65.9 Å². The Balaban J connectivity index is 1.97. The molecule has 1 aromatic heterocycles. The molecule has 0 aliphatic carbocycles. The second-order valence-electron chi connectivity index (χ2n) is 5.29. The van der Waals surface area contributed by atoms with Gasteiger partial charge in [0.25, 0.3) is 0 Å². The van der Waals surface area contributed by atoms with E-state index >= 15 is 0 Å². The Morgan fingerprint density at radius 2 is 1.76 bits per heavy atom. The van der Waals surface area contributed by atoms with Crippen LogP contribution in [0.4, 0.5) is 17.3 Å². The van der Waals surface area contributed by atoms with Gasteiger partial charge >= 0.3 is 130 Å². The number of anilines is 3. The zero-order valence-electron chi connectivity index (χ0n) is 12.0. The number of hydrogen-bond donors (Lipinski definition) is 0. The van der Waals surface area contributed by atoms with Crippen molar-refractivity contribution in [1.29, 1.82) is 0 Å². The first kappa shape index (κ1) is 12.8. The molecular formula is C18H15NOSe. The van der Waals surface area contributed by atoms with Gasteiger partial charge in [0.15, 0.2) is 0 Å². The molecule has 2 heterocycles. The maximum atomic E-state index is 5.81. The molecule has 0 spiro atoms. The van der Waals surface area contributed by atoms with Crippen molar-refractivity contribution >= 4 is 41.1 Å². The summed E-state index contributed by atoms with van der Waals surface area (Å²) in [6.45, 7) is 4.29. The van der Waals surface area contributed by atoms with Crippen LogP contribution < -0.4 is 13.8 Å². The third-order valence-corrected chi connectivity index (χ3v) is 6.03. The number of furan rings is 1. The van der Waals surface area contributed by atoms with Crippen molar-refractivity contribution in [2.75, 3.05) is 4.90 Å². The predicted molar refractivity (Wildman–Crippen MR) is 87.9 cm³/mol. The van der Waals surface area contributed by atoms with Crippen molar-refractivity contribution < 1.29 is 4.42 Å². The summed E-state index contributed by atoms with van der Waals surface area (Å²) < 4.78 is 8.52. The molecule has 21 heavy (non-hydrogen) atoms. The zero-order chi connectivity index (χ0) is 14.4. The van der Waals surface area contributed by atoms with Crippen molar-refractivity contribution in [1.82, 2.24) is 0 Å². The Kier molecular flexibility index (Phi) is 2.91. The monoisotopic (exact) mass is 341 g/mol. The Hall–Kier alpha value is -1.96. The summed E-state index contributed by atoms with van der Waals surface area (Å²) in [4.78, 5) is 2.25. The summed E-state index contributed by atoms with van der Waals surface area (Å²) in [7, 11) is 0. The van der Waals surface area contributed by atoms with Crippen LogP contribution in [0.25, 0.3) is 0 Å². The SMILES string of the molecule is Cc1ccc(N2c3ccccc3[Se]c3ccoc32)c(C)c1. The van der Waals surface area contributed by atoms with Crippen LogP contribution in [0, 0.1) is 13.8 Å². The molecule has 3 heteroatoms. The summed E-state index contributed by atoms with van der Waals surface area (Å²) in [6.07, 6.45) is 1.80. The second-order valence-corrected chi connectivity index (χ2v) is 7.56. The van der Waals surface area contributed by atoms with Gasteiger partial charge in [-0.15, -0.1) is 0 Å². The fourth-order valence-corrected chi connectivity index (χ4v) is 4.88. The van der Waals surface area contributed by atoms with Crippen LogP contribution in [0.15, 0.2) is 59.2 Å². The molecule has 1 aliphatic rings. The van der Waals surface area contributed by atoms with Crippen LogP contribution >= 0.6 is 0 Å². The number of para-hydroxylation sites is 1. The summed E-state index contributed by atoms with van der Waals surface area (Å²) in [6, 6.07) is 17.3. The van der Waals surface area contributed by atoms with Gasteiger partial charge in [0.05, 0.1) is 0 Å². The topological polar surface area (TPSA) is 16.4 Å². The quantitative estimate of drug-likeness (QED) is 0.494. The van der Waals surface area contributed by atoms with E-state index in [0.29, 0.717) is 15.0 Å². The Labute approximate surface area is 130 Å². The van der Waals surface area contributed by atoms with E-state index < -0.39 is 0 Å². The molecule has 4 rings (SSSR count). The Bertz CT molecular complexity index is 822. The van der Waals surface area contributed by atoms with E-state index in [1.807, 2.05) is 0 Å². The van der Waals surface area contributed by atoms with Crippen LogP contribution in [-0.2, 0) is 0 Å². The first-order chi connectivity index (χ1) is 10.2. The van der Waals surface area contributed by atoms with Gasteiger partial charge in [-0.2, -0.15) is 0 Å². The molecule has 104 valence electrons. The molecule has 0 N–H and O–H groups in total. The molecular weight excluding hydrogens is 325 g/mol. The molecule has 3 aromatic rings. The van der Waals surface area contributed by atoms with Gasteiger partial charge in [0.1, 0.15) is 0 Å². The van der Waals surface area contributed by atoms with Crippen LogP contribution in [0.1, 0.15) is 11.1 Å². The number of hydrogen-bond acceptors (Lipinski definition) is 2. The summed E-state index contributed by atoms with van der Waals surface area (Å²) in [5, 5.41) is 0. The van der Waals surface area contributed by atoms with Gasteiger partial charge in [0.2, 0.25) is 0 Å². The molecule has 2 nitrogen and oxygen atoms in total. The van der Waals surface area contributed by atoms with E-state index in [9.17, 15) is 0 Å². The summed E-state index contributed by atoms with van der Waals surface area (Å²) in [5.74, 6) is 0.973. The van der Waals surface area contributed by atoms with Crippen LogP contribution in [0.5, 0.6) is 0 Å². The molecule has 0 saturated heterocycles. The normalized spacial score (nSPS) is 13.0. The van der Waals surface area contributed by atoms with Crippen molar-refractivity contribution in [2.24, 2.45) is 0 Å². The first-order valence-electron chi connectivity index (χ1n) is 6.96. The molecule has 0 radical (unpaired) electrons. The number of rotatable bonds is 1. The number of fused-ring (bicyclic) bond motifs is 2. The predicted octanol–water partition coefficient (Wildman–Crippen LogP) is 3.33. The number of aryl methyl sites for hydroxylation is 2. The van der Waals surface area contributed by atoms with Gasteiger partial charge in [-0.3, -0.25) is 0 Å². The third-order valence-electron chi connectivity index (χ3n) is 3.73. The summed E-state index contributed by atoms with van der Waals surface area (Å²) in [5.41, 5.74) is 4.98. The molecule has 0 bridgehead atoms. The van der Waals surface area contributed by atoms with E-state index in [2.05, 4.69) is 67.3 Å². The first-order valence-corrected chi connectivity index (χ1v) is 8.67. The fourth-order valence-electron chi connectivity index (χ4n) is 2.78. The Morgan fingerprint density at radius 3 is 2.62 bits per heavy atom. The fraction of sp³-hybridized carbons (Fsp3) is 0.111. The van der Waals surface area contributed by atoms with Crippen LogP contribution in [-0.4, -0.2) is 15.0 Å². The van der Waals surface area contributed by atoms with Gasteiger partial charge in [-0.05, 0) is 0 Å². The number of benzene rings is 2. The van der Waals surface area contributed by atoms with E-state index in [1.165, 1.54) is 31.4 Å². The average Bonchev–Trinajstić information content (AvgIpc) is 2.93. The van der Waals surface area contributed by atoms with Crippen molar-refractivity contribution in [2.45, 2.75) is 13.8 Å². The van der Waals surface area contributed by atoms with E-state index in [1.54, 1.807) is 6.26 Å². The van der Waals surface area contributed by atoms with Gasteiger partial charge in [-0.25, -0.2) is 0 Å². The van der Waals surface area contributed by atoms with E-state index in [0.717, 1.165) is 5.88 Å². The van der Waals surface area contributed by atoms with Crippen molar-refractivity contribution in [3.63, 3.8) is 0 Å². The zero-order valence-corrected chi connectivity index (χ0v) is 13.7. The van der Waals surface area contributed by atoms with Gasteiger partial charge in [0, 0.05) is 0 Å². The molecule has 0 saturated carbocycles. The minimum atomic E-state index is 0.314. The minimum absolute atomic E-state index is 0.314. The summed E-state index contributed by atoms with van der Waals surface area (Å²) >= 11 is 0.314. The standard InChI is InChI=1S/C18H15NOSe/c1-12-7-8-14(13(2)11-12)19-15-5-3-4-6-16(15)21-17-9-10-20-18(17)19/h3-11H,1-2H3. The van der Waals surface area contributed by atoms with E-state index in [4.69, 9.17) is 4.42 Å². The molecule has 0 fully saturated rings. The molecule has 0 unspecified atom stereocenters. The molecule has 0 amide bonds.